The van der Waals surface area contributed by atoms with E-state index in [9.17, 15) is 18.0 Å². The van der Waals surface area contributed by atoms with Crippen LogP contribution in [0.2, 0.25) is 0 Å². The SMILES string of the molecule is NC=NC=Nc1ccc2cn(C3CCC(CNC(=O)c4cc(F)c(O)c(F)c4F)CC3)nc2c1. The van der Waals surface area contributed by atoms with Crippen LogP contribution >= 0.6 is 0 Å². The normalized spacial score (nSPS) is 18.8. The molecule has 0 spiro atoms. The van der Waals surface area contributed by atoms with Gasteiger partial charge in [-0.3, -0.25) is 9.48 Å². The van der Waals surface area contributed by atoms with Crippen LogP contribution in [-0.4, -0.2) is 40.0 Å². The Balaban J connectivity index is 1.34. The number of nitrogens with two attached hydrogens (primary N) is 1. The van der Waals surface area contributed by atoms with Crippen LogP contribution in [0.15, 0.2) is 40.4 Å². The Morgan fingerprint density at radius 1 is 1.21 bits per heavy atom. The Morgan fingerprint density at radius 3 is 2.71 bits per heavy atom. The summed E-state index contributed by atoms with van der Waals surface area (Å²) in [4.78, 5) is 20.1. The number of nitrogens with zero attached hydrogens (tertiary/aromatic N) is 4. The van der Waals surface area contributed by atoms with Crippen LogP contribution in [0.3, 0.4) is 0 Å². The molecule has 8 nitrogen and oxygen atoms in total. The fourth-order valence-corrected chi connectivity index (χ4v) is 4.13. The molecule has 0 atom stereocenters. The minimum atomic E-state index is -1.78. The first-order chi connectivity index (χ1) is 16.4. The van der Waals surface area contributed by atoms with Gasteiger partial charge >= 0.3 is 0 Å². The van der Waals surface area contributed by atoms with E-state index >= 15 is 0 Å². The largest absolute Gasteiger partial charge is 0.503 e. The highest BCUT2D eigenvalue weighted by Gasteiger charge is 2.26. The minimum absolute atomic E-state index is 0.143. The predicted octanol–water partition coefficient (Wildman–Crippen LogP) is 3.97. The molecule has 178 valence electrons. The van der Waals surface area contributed by atoms with Gasteiger partial charge in [-0.25, -0.2) is 18.8 Å². The van der Waals surface area contributed by atoms with Crippen LogP contribution in [-0.2, 0) is 0 Å². The number of aromatic hydroxyl groups is 1. The zero-order valence-electron chi connectivity index (χ0n) is 18.1. The number of aromatic nitrogens is 2. The molecule has 1 amide bonds. The first-order valence-electron chi connectivity index (χ1n) is 10.8. The monoisotopic (exact) mass is 472 g/mol. The van der Waals surface area contributed by atoms with Gasteiger partial charge in [0.05, 0.1) is 29.1 Å². The van der Waals surface area contributed by atoms with Crippen LogP contribution in [0, 0.1) is 23.4 Å². The van der Waals surface area contributed by atoms with E-state index in [0.717, 1.165) is 42.9 Å². The number of nitrogens with one attached hydrogen (secondary N) is 1. The van der Waals surface area contributed by atoms with Crippen molar-refractivity contribution in [1.29, 1.82) is 0 Å². The topological polar surface area (TPSA) is 118 Å². The van der Waals surface area contributed by atoms with Crippen LogP contribution in [0.25, 0.3) is 10.9 Å². The molecular formula is C23H23F3N6O2. The van der Waals surface area contributed by atoms with Gasteiger partial charge in [0, 0.05) is 18.1 Å². The van der Waals surface area contributed by atoms with Crippen molar-refractivity contribution < 1.29 is 23.1 Å². The van der Waals surface area contributed by atoms with E-state index in [0.29, 0.717) is 11.8 Å². The number of aliphatic imine (C=N–C) groups is 2. The van der Waals surface area contributed by atoms with Crippen molar-refractivity contribution >= 4 is 35.2 Å². The standard InChI is InChI=1S/C23H23F3N6O2/c24-18-8-17(20(25)21(26)22(18)33)23(34)29-9-13-1-5-16(6-2-13)32-10-14-3-4-15(7-19(14)31-32)30-12-28-11-27/h3-4,7-8,10-13,16,33H,1-2,5-6,9H2,(H,29,34)(H2,27,28,30). The molecule has 0 radical (unpaired) electrons. The van der Waals surface area contributed by atoms with E-state index in [1.807, 2.05) is 29.1 Å². The van der Waals surface area contributed by atoms with Crippen molar-refractivity contribution in [3.8, 4) is 5.75 Å². The Labute approximate surface area is 193 Å². The minimum Gasteiger partial charge on any atom is -0.503 e. The molecule has 1 saturated carbocycles. The number of benzene rings is 2. The highest BCUT2D eigenvalue weighted by Crippen LogP contribution is 2.33. The molecule has 11 heteroatoms. The fraction of sp³-hybridized carbons (Fsp3) is 0.304. The number of amides is 1. The first kappa shape index (κ1) is 23.3. The molecule has 0 saturated heterocycles. The molecule has 4 N–H and O–H groups in total. The van der Waals surface area contributed by atoms with Gasteiger partial charge in [-0.1, -0.05) is 0 Å². The van der Waals surface area contributed by atoms with Gasteiger partial charge in [-0.2, -0.15) is 9.49 Å². The van der Waals surface area contributed by atoms with E-state index in [4.69, 9.17) is 10.8 Å². The van der Waals surface area contributed by atoms with Gasteiger partial charge in [0.2, 0.25) is 5.82 Å². The molecule has 0 unspecified atom stereocenters. The van der Waals surface area contributed by atoms with Crippen molar-refractivity contribution in [3.05, 3.63) is 53.5 Å². The average molecular weight is 472 g/mol. The summed E-state index contributed by atoms with van der Waals surface area (Å²) in [6, 6.07) is 6.36. The highest BCUT2D eigenvalue weighted by atomic mass is 19.2. The number of phenols is 1. The quantitative estimate of drug-likeness (QED) is 0.286. The van der Waals surface area contributed by atoms with E-state index in [-0.39, 0.29) is 18.5 Å². The van der Waals surface area contributed by atoms with Crippen molar-refractivity contribution in [3.63, 3.8) is 0 Å². The lowest BCUT2D eigenvalue weighted by Gasteiger charge is -2.28. The lowest BCUT2D eigenvalue weighted by atomic mass is 9.86. The summed E-state index contributed by atoms with van der Waals surface area (Å²) in [5.41, 5.74) is 5.95. The van der Waals surface area contributed by atoms with Gasteiger partial charge in [0.1, 0.15) is 6.34 Å². The van der Waals surface area contributed by atoms with Gasteiger partial charge in [-0.05, 0) is 55.9 Å². The Kier molecular flexibility index (Phi) is 6.80. The summed E-state index contributed by atoms with van der Waals surface area (Å²) in [6.07, 6.45) is 7.78. The van der Waals surface area contributed by atoms with Crippen LogP contribution in [0.1, 0.15) is 42.1 Å². The number of halogens is 3. The molecule has 1 aliphatic rings. The van der Waals surface area contributed by atoms with Gasteiger partial charge in [-0.15, -0.1) is 0 Å². The molecule has 0 aliphatic heterocycles. The molecule has 0 bridgehead atoms. The number of hydrogen-bond acceptors (Lipinski definition) is 4. The third-order valence-electron chi connectivity index (χ3n) is 5.99. The van der Waals surface area contributed by atoms with Gasteiger partial charge in [0.25, 0.3) is 5.91 Å². The van der Waals surface area contributed by atoms with E-state index in [2.05, 4.69) is 20.4 Å². The Morgan fingerprint density at radius 2 is 1.97 bits per heavy atom. The first-order valence-corrected chi connectivity index (χ1v) is 10.8. The summed E-state index contributed by atoms with van der Waals surface area (Å²) in [6.45, 7) is 0.253. The lowest BCUT2D eigenvalue weighted by Crippen LogP contribution is -2.32. The second kappa shape index (κ2) is 9.94. The van der Waals surface area contributed by atoms with E-state index < -0.39 is 34.7 Å². The number of hydrogen-bond donors (Lipinski definition) is 3. The summed E-state index contributed by atoms with van der Waals surface area (Å²) in [5.74, 6) is -6.97. The second-order valence-corrected chi connectivity index (χ2v) is 8.16. The summed E-state index contributed by atoms with van der Waals surface area (Å²) < 4.78 is 42.8. The molecule has 34 heavy (non-hydrogen) atoms. The number of phenolic OH excluding ortho intramolecular Hbond substituents is 1. The smallest absolute Gasteiger partial charge is 0.254 e. The Bertz CT molecular complexity index is 1270. The third-order valence-corrected chi connectivity index (χ3v) is 5.99. The third kappa shape index (κ3) is 4.87. The fourth-order valence-electron chi connectivity index (χ4n) is 4.13. The van der Waals surface area contributed by atoms with Crippen molar-refractivity contribution in [2.24, 2.45) is 21.6 Å². The molecular weight excluding hydrogens is 449 g/mol. The summed E-state index contributed by atoms with van der Waals surface area (Å²) >= 11 is 0. The molecule has 4 rings (SSSR count). The molecule has 3 aromatic rings. The van der Waals surface area contributed by atoms with Crippen LogP contribution in [0.4, 0.5) is 18.9 Å². The van der Waals surface area contributed by atoms with Gasteiger partial charge < -0.3 is 16.2 Å². The van der Waals surface area contributed by atoms with Crippen LogP contribution in [0.5, 0.6) is 5.75 Å². The summed E-state index contributed by atoms with van der Waals surface area (Å²) in [5, 5.41) is 17.3. The number of fused-ring (bicyclic) bond motifs is 1. The second-order valence-electron chi connectivity index (χ2n) is 8.16. The van der Waals surface area contributed by atoms with E-state index in [1.165, 1.54) is 6.34 Å². The maximum atomic E-state index is 13.9. The lowest BCUT2D eigenvalue weighted by molar-refractivity contribution is 0.0935. The predicted molar refractivity (Wildman–Crippen MR) is 122 cm³/mol. The van der Waals surface area contributed by atoms with Gasteiger partial charge in [0.15, 0.2) is 17.4 Å². The number of carbonyl (C=O) groups is 1. The Hall–Kier alpha value is -3.89. The van der Waals surface area contributed by atoms with Crippen molar-refractivity contribution in [2.75, 3.05) is 6.54 Å². The maximum absolute atomic E-state index is 13.9. The maximum Gasteiger partial charge on any atom is 0.254 e. The number of carbonyl (C=O) groups excluding carboxylic acids is 1. The van der Waals surface area contributed by atoms with Crippen molar-refractivity contribution in [1.82, 2.24) is 15.1 Å². The molecule has 2 aromatic carbocycles. The number of rotatable bonds is 6. The zero-order valence-corrected chi connectivity index (χ0v) is 18.1. The molecule has 1 aliphatic carbocycles. The average Bonchev–Trinajstić information content (AvgIpc) is 3.27. The molecule has 1 heterocycles. The van der Waals surface area contributed by atoms with Crippen molar-refractivity contribution in [2.45, 2.75) is 31.7 Å². The molecule has 1 fully saturated rings. The van der Waals surface area contributed by atoms with E-state index in [1.54, 1.807) is 0 Å². The zero-order chi connectivity index (χ0) is 24.2. The van der Waals surface area contributed by atoms with Crippen LogP contribution < -0.4 is 11.1 Å². The highest BCUT2D eigenvalue weighted by molar-refractivity contribution is 5.94. The summed E-state index contributed by atoms with van der Waals surface area (Å²) in [7, 11) is 0. The molecule has 1 aromatic heterocycles.